The molecule has 1 atom stereocenters. The van der Waals surface area contributed by atoms with Gasteiger partial charge in [-0.05, 0) is 61.4 Å². The Bertz CT molecular complexity index is 719. The number of ether oxygens (including phenoxy) is 2. The Morgan fingerprint density at radius 1 is 1.19 bits per heavy atom. The van der Waals surface area contributed by atoms with Crippen molar-refractivity contribution in [3.05, 3.63) is 53.6 Å². The Morgan fingerprint density at radius 3 is 2.62 bits per heavy atom. The first-order valence-corrected chi connectivity index (χ1v) is 9.08. The van der Waals surface area contributed by atoms with Crippen LogP contribution < -0.4 is 15.0 Å². The first-order chi connectivity index (χ1) is 12.6. The number of halogens is 1. The van der Waals surface area contributed by atoms with E-state index in [1.54, 1.807) is 31.4 Å². The van der Waals surface area contributed by atoms with Crippen molar-refractivity contribution in [2.75, 3.05) is 37.0 Å². The number of carbonyl (C=O) groups is 1. The molecule has 138 valence electrons. The number of carbonyl (C=O) groups excluding carboxylic acids is 1. The summed E-state index contributed by atoms with van der Waals surface area (Å²) in [5.41, 5.74) is 1.89. The second kappa shape index (κ2) is 8.92. The first-order valence-electron chi connectivity index (χ1n) is 8.70. The van der Waals surface area contributed by atoms with Crippen LogP contribution in [-0.4, -0.2) is 38.8 Å². The molecule has 1 aliphatic rings. The van der Waals surface area contributed by atoms with Crippen molar-refractivity contribution >= 4 is 28.9 Å². The zero-order valence-electron chi connectivity index (χ0n) is 14.8. The predicted molar refractivity (Wildman–Crippen MR) is 104 cm³/mol. The molecule has 0 aromatic heterocycles. The van der Waals surface area contributed by atoms with E-state index in [0.717, 1.165) is 37.3 Å². The van der Waals surface area contributed by atoms with Crippen LogP contribution in [-0.2, 0) is 9.53 Å². The molecule has 1 amide bonds. The fraction of sp³-hybridized carbons (Fsp3) is 0.350. The van der Waals surface area contributed by atoms with Gasteiger partial charge in [0.05, 0.1) is 6.10 Å². The summed E-state index contributed by atoms with van der Waals surface area (Å²) >= 11 is 5.82. The summed E-state index contributed by atoms with van der Waals surface area (Å²) in [6.45, 7) is 1.88. The van der Waals surface area contributed by atoms with Gasteiger partial charge < -0.3 is 19.7 Å². The molecule has 0 bridgehead atoms. The van der Waals surface area contributed by atoms with Gasteiger partial charge in [-0.3, -0.25) is 4.79 Å². The van der Waals surface area contributed by atoms with E-state index in [9.17, 15) is 4.79 Å². The molecule has 6 heteroatoms. The molecule has 2 aromatic rings. The van der Waals surface area contributed by atoms with Crippen LogP contribution in [0.2, 0.25) is 5.02 Å². The number of hydrogen-bond donors (Lipinski definition) is 1. The lowest BCUT2D eigenvalue weighted by Gasteiger charge is -2.33. The van der Waals surface area contributed by atoms with Crippen molar-refractivity contribution in [1.82, 2.24) is 0 Å². The van der Waals surface area contributed by atoms with Gasteiger partial charge in [0, 0.05) is 36.6 Å². The van der Waals surface area contributed by atoms with Gasteiger partial charge in [-0.15, -0.1) is 0 Å². The Balaban J connectivity index is 1.50. The minimum absolute atomic E-state index is 0.0506. The summed E-state index contributed by atoms with van der Waals surface area (Å²) in [6, 6.07) is 14.8. The lowest BCUT2D eigenvalue weighted by Crippen LogP contribution is -2.39. The molecule has 26 heavy (non-hydrogen) atoms. The third kappa shape index (κ3) is 5.13. The van der Waals surface area contributed by atoms with E-state index < -0.39 is 0 Å². The summed E-state index contributed by atoms with van der Waals surface area (Å²) in [6.07, 6.45) is 2.52. The van der Waals surface area contributed by atoms with Crippen LogP contribution in [0.1, 0.15) is 12.8 Å². The van der Waals surface area contributed by atoms with E-state index in [2.05, 4.69) is 10.2 Å². The molecular weight excluding hydrogens is 352 g/mol. The smallest absolute Gasteiger partial charge is 0.262 e. The van der Waals surface area contributed by atoms with Gasteiger partial charge in [0.1, 0.15) is 5.75 Å². The van der Waals surface area contributed by atoms with E-state index in [1.807, 2.05) is 24.3 Å². The topological polar surface area (TPSA) is 50.8 Å². The number of rotatable bonds is 6. The molecule has 1 unspecified atom stereocenters. The quantitative estimate of drug-likeness (QED) is 0.831. The van der Waals surface area contributed by atoms with Crippen molar-refractivity contribution in [3.63, 3.8) is 0 Å². The number of hydrogen-bond acceptors (Lipinski definition) is 4. The van der Waals surface area contributed by atoms with E-state index in [4.69, 9.17) is 21.1 Å². The Kier molecular flexibility index (Phi) is 6.36. The van der Waals surface area contributed by atoms with Crippen LogP contribution in [0.25, 0.3) is 0 Å². The largest absolute Gasteiger partial charge is 0.484 e. The SMILES string of the molecule is COC1CCCN(c2ccc(NC(=O)COc3ccc(Cl)cc3)cc2)C1. The molecular formula is C20H23ClN2O3. The maximum atomic E-state index is 12.0. The molecule has 0 saturated carbocycles. The second-order valence-corrected chi connectivity index (χ2v) is 6.72. The Labute approximate surface area is 158 Å². The van der Waals surface area contributed by atoms with E-state index in [1.165, 1.54) is 0 Å². The number of anilines is 2. The zero-order chi connectivity index (χ0) is 18.4. The number of nitrogens with one attached hydrogen (secondary N) is 1. The number of piperidine rings is 1. The third-order valence-corrected chi connectivity index (χ3v) is 4.66. The highest BCUT2D eigenvalue weighted by Gasteiger charge is 2.19. The number of nitrogens with zero attached hydrogens (tertiary/aromatic N) is 1. The number of methoxy groups -OCH3 is 1. The molecule has 5 nitrogen and oxygen atoms in total. The summed E-state index contributed by atoms with van der Waals surface area (Å²) in [5.74, 6) is 0.405. The summed E-state index contributed by atoms with van der Waals surface area (Å²) in [4.78, 5) is 14.3. The molecule has 1 aliphatic heterocycles. The van der Waals surface area contributed by atoms with E-state index in [0.29, 0.717) is 10.8 Å². The van der Waals surface area contributed by atoms with Crippen LogP contribution in [0.5, 0.6) is 5.75 Å². The molecule has 3 rings (SSSR count). The van der Waals surface area contributed by atoms with Gasteiger partial charge in [0.15, 0.2) is 6.61 Å². The average Bonchev–Trinajstić information content (AvgIpc) is 2.68. The molecule has 0 spiro atoms. The van der Waals surface area contributed by atoms with Crippen LogP contribution in [0.4, 0.5) is 11.4 Å². The summed E-state index contributed by atoms with van der Waals surface area (Å²) in [7, 11) is 1.76. The fourth-order valence-electron chi connectivity index (χ4n) is 3.00. The highest BCUT2D eigenvalue weighted by molar-refractivity contribution is 6.30. The van der Waals surface area contributed by atoms with Gasteiger partial charge in [-0.2, -0.15) is 0 Å². The maximum Gasteiger partial charge on any atom is 0.262 e. The average molecular weight is 375 g/mol. The predicted octanol–water partition coefficient (Wildman–Crippen LogP) is 3.97. The van der Waals surface area contributed by atoms with Crippen LogP contribution in [0, 0.1) is 0 Å². The minimum Gasteiger partial charge on any atom is -0.484 e. The maximum absolute atomic E-state index is 12.0. The normalized spacial score (nSPS) is 17.0. The van der Waals surface area contributed by atoms with Crippen molar-refractivity contribution < 1.29 is 14.3 Å². The van der Waals surface area contributed by atoms with Crippen molar-refractivity contribution in [3.8, 4) is 5.75 Å². The van der Waals surface area contributed by atoms with Crippen molar-refractivity contribution in [2.45, 2.75) is 18.9 Å². The van der Waals surface area contributed by atoms with Crippen LogP contribution >= 0.6 is 11.6 Å². The molecule has 0 aliphatic carbocycles. The number of amides is 1. The fourth-order valence-corrected chi connectivity index (χ4v) is 3.12. The molecule has 1 heterocycles. The second-order valence-electron chi connectivity index (χ2n) is 6.28. The van der Waals surface area contributed by atoms with Gasteiger partial charge in [-0.1, -0.05) is 11.6 Å². The number of benzene rings is 2. The van der Waals surface area contributed by atoms with E-state index >= 15 is 0 Å². The zero-order valence-corrected chi connectivity index (χ0v) is 15.5. The Hall–Kier alpha value is -2.24. The van der Waals surface area contributed by atoms with Gasteiger partial charge in [0.2, 0.25) is 0 Å². The first kappa shape index (κ1) is 18.5. The lowest BCUT2D eigenvalue weighted by molar-refractivity contribution is -0.118. The van der Waals surface area contributed by atoms with Crippen LogP contribution in [0.3, 0.4) is 0 Å². The molecule has 1 N–H and O–H groups in total. The summed E-state index contributed by atoms with van der Waals surface area (Å²) < 4.78 is 10.9. The highest BCUT2D eigenvalue weighted by atomic mass is 35.5. The van der Waals surface area contributed by atoms with Crippen LogP contribution in [0.15, 0.2) is 48.5 Å². The third-order valence-electron chi connectivity index (χ3n) is 4.41. The molecule has 2 aromatic carbocycles. The molecule has 1 saturated heterocycles. The standard InChI is InChI=1S/C20H23ClN2O3/c1-25-19-3-2-12-23(13-19)17-8-6-16(7-9-17)22-20(24)14-26-18-10-4-15(21)5-11-18/h4-11,19H,2-3,12-14H2,1H3,(H,22,24). The van der Waals surface area contributed by atoms with E-state index in [-0.39, 0.29) is 18.6 Å². The molecule has 1 fully saturated rings. The van der Waals surface area contributed by atoms with Crippen molar-refractivity contribution in [2.24, 2.45) is 0 Å². The van der Waals surface area contributed by atoms with Gasteiger partial charge in [-0.25, -0.2) is 0 Å². The monoisotopic (exact) mass is 374 g/mol. The van der Waals surface area contributed by atoms with Crippen molar-refractivity contribution in [1.29, 1.82) is 0 Å². The Morgan fingerprint density at radius 2 is 1.92 bits per heavy atom. The minimum atomic E-state index is -0.204. The van der Waals surface area contributed by atoms with Gasteiger partial charge in [0.25, 0.3) is 5.91 Å². The molecule has 0 radical (unpaired) electrons. The van der Waals surface area contributed by atoms with Gasteiger partial charge >= 0.3 is 0 Å². The summed E-state index contributed by atoms with van der Waals surface area (Å²) in [5, 5.41) is 3.47. The highest BCUT2D eigenvalue weighted by Crippen LogP contribution is 2.23. The lowest BCUT2D eigenvalue weighted by atomic mass is 10.1.